The summed E-state index contributed by atoms with van der Waals surface area (Å²) in [6.45, 7) is 3.35. The smallest absolute Gasteiger partial charge is 0.155 e. The van der Waals surface area contributed by atoms with Gasteiger partial charge in [-0.05, 0) is 37.4 Å². The number of rotatable bonds is 3. The highest BCUT2D eigenvalue weighted by atomic mass is 35.7. The van der Waals surface area contributed by atoms with Crippen LogP contribution in [0.4, 0.5) is 0 Å². The standard InChI is InChI=1S/C10H17ClO2S/c1-10(2,14(11)13)9(12)8-6-4-3-5-7-8/h8H,3-7H2,1-2H3. The number of hydrogen-bond donors (Lipinski definition) is 0. The molecule has 0 aliphatic heterocycles. The number of ketones is 1. The SMILES string of the molecule is CC(C)(C(=O)C1CCCCC1)S(=O)Cl. The molecule has 0 aromatic rings. The Balaban J connectivity index is 2.67. The van der Waals surface area contributed by atoms with Gasteiger partial charge in [0, 0.05) is 5.92 Å². The van der Waals surface area contributed by atoms with E-state index in [9.17, 15) is 9.00 Å². The van der Waals surface area contributed by atoms with Gasteiger partial charge in [-0.1, -0.05) is 19.3 Å². The molecule has 1 atom stereocenters. The second-order valence-electron chi connectivity index (χ2n) is 4.43. The lowest BCUT2D eigenvalue weighted by Gasteiger charge is -2.27. The first-order valence-electron chi connectivity index (χ1n) is 5.08. The molecular formula is C10H17ClO2S. The van der Waals surface area contributed by atoms with Crippen LogP contribution in [0.5, 0.6) is 0 Å². The van der Waals surface area contributed by atoms with Gasteiger partial charge < -0.3 is 0 Å². The van der Waals surface area contributed by atoms with Crippen LogP contribution in [0.2, 0.25) is 0 Å². The molecule has 0 bridgehead atoms. The maximum absolute atomic E-state index is 12.0. The summed E-state index contributed by atoms with van der Waals surface area (Å²) in [5, 5.41) is 0. The number of Topliss-reactive ketones (excluding diaryl/α,β-unsaturated/α-hetero) is 1. The van der Waals surface area contributed by atoms with Crippen molar-refractivity contribution < 1.29 is 9.00 Å². The molecule has 1 fully saturated rings. The molecular weight excluding hydrogens is 220 g/mol. The fourth-order valence-corrected chi connectivity index (χ4v) is 2.49. The van der Waals surface area contributed by atoms with E-state index in [-0.39, 0.29) is 11.7 Å². The summed E-state index contributed by atoms with van der Waals surface area (Å²) in [6, 6.07) is 0. The van der Waals surface area contributed by atoms with Crippen molar-refractivity contribution in [2.24, 2.45) is 5.92 Å². The van der Waals surface area contributed by atoms with E-state index in [1.807, 2.05) is 0 Å². The third kappa shape index (κ3) is 2.57. The van der Waals surface area contributed by atoms with Gasteiger partial charge in [0.1, 0.15) is 14.8 Å². The predicted molar refractivity (Wildman–Crippen MR) is 59.7 cm³/mol. The molecule has 2 nitrogen and oxygen atoms in total. The minimum absolute atomic E-state index is 0.0746. The summed E-state index contributed by atoms with van der Waals surface area (Å²) >= 11 is 0. The monoisotopic (exact) mass is 236 g/mol. The molecule has 0 heterocycles. The van der Waals surface area contributed by atoms with Gasteiger partial charge in [0.25, 0.3) is 0 Å². The average Bonchev–Trinajstić information content (AvgIpc) is 2.17. The minimum atomic E-state index is -1.58. The van der Waals surface area contributed by atoms with Crippen LogP contribution < -0.4 is 0 Å². The van der Waals surface area contributed by atoms with Crippen LogP contribution in [0.1, 0.15) is 46.0 Å². The third-order valence-electron chi connectivity index (χ3n) is 2.97. The molecule has 1 aliphatic rings. The molecule has 1 aliphatic carbocycles. The maximum atomic E-state index is 12.0. The summed E-state index contributed by atoms with van der Waals surface area (Å²) in [6.07, 6.45) is 5.32. The third-order valence-corrected chi connectivity index (χ3v) is 5.13. The Morgan fingerprint density at radius 2 is 1.79 bits per heavy atom. The van der Waals surface area contributed by atoms with Crippen molar-refractivity contribution in [1.29, 1.82) is 0 Å². The van der Waals surface area contributed by atoms with Crippen LogP contribution in [-0.2, 0) is 14.8 Å². The number of carbonyl (C=O) groups is 1. The summed E-state index contributed by atoms with van der Waals surface area (Å²) in [5.74, 6) is 0.159. The fraction of sp³-hybridized carbons (Fsp3) is 0.900. The van der Waals surface area contributed by atoms with E-state index >= 15 is 0 Å². The quantitative estimate of drug-likeness (QED) is 0.707. The van der Waals surface area contributed by atoms with Gasteiger partial charge in [-0.15, -0.1) is 0 Å². The van der Waals surface area contributed by atoms with E-state index in [1.165, 1.54) is 6.42 Å². The first kappa shape index (κ1) is 12.2. The van der Waals surface area contributed by atoms with Crippen molar-refractivity contribution in [3.63, 3.8) is 0 Å². The van der Waals surface area contributed by atoms with Crippen LogP contribution in [0, 0.1) is 5.92 Å². The highest BCUT2D eigenvalue weighted by Gasteiger charge is 2.38. The Labute approximate surface area is 92.4 Å². The zero-order chi connectivity index (χ0) is 10.8. The Kier molecular flexibility index (Phi) is 4.14. The van der Waals surface area contributed by atoms with E-state index in [0.717, 1.165) is 25.7 Å². The number of carbonyl (C=O) groups excluding carboxylic acids is 1. The largest absolute Gasteiger partial charge is 0.298 e. The van der Waals surface area contributed by atoms with Crippen molar-refractivity contribution in [3.05, 3.63) is 0 Å². The first-order valence-corrected chi connectivity index (χ1v) is 7.06. The molecule has 14 heavy (non-hydrogen) atoms. The van der Waals surface area contributed by atoms with Gasteiger partial charge in [-0.3, -0.25) is 4.79 Å². The fourth-order valence-electron chi connectivity index (χ4n) is 1.94. The van der Waals surface area contributed by atoms with E-state index in [0.29, 0.717) is 0 Å². The molecule has 0 radical (unpaired) electrons. The van der Waals surface area contributed by atoms with Gasteiger partial charge in [0.05, 0.1) is 0 Å². The van der Waals surface area contributed by atoms with Crippen LogP contribution >= 0.6 is 10.7 Å². The van der Waals surface area contributed by atoms with Gasteiger partial charge in [0.2, 0.25) is 0 Å². The summed E-state index contributed by atoms with van der Waals surface area (Å²) in [7, 11) is 3.95. The molecule has 0 aromatic carbocycles. The Morgan fingerprint density at radius 3 is 2.21 bits per heavy atom. The van der Waals surface area contributed by atoms with Crippen LogP contribution in [0.3, 0.4) is 0 Å². The molecule has 0 N–H and O–H groups in total. The van der Waals surface area contributed by atoms with Crippen molar-refractivity contribution in [2.75, 3.05) is 0 Å². The highest BCUT2D eigenvalue weighted by Crippen LogP contribution is 2.30. The van der Waals surface area contributed by atoms with Crippen molar-refractivity contribution in [3.8, 4) is 0 Å². The lowest BCUT2D eigenvalue weighted by atomic mass is 9.82. The molecule has 1 unspecified atom stereocenters. The molecule has 0 amide bonds. The van der Waals surface area contributed by atoms with E-state index in [4.69, 9.17) is 10.7 Å². The van der Waals surface area contributed by atoms with Gasteiger partial charge in [0.15, 0.2) is 5.78 Å². The predicted octanol–water partition coefficient (Wildman–Crippen LogP) is 2.82. The van der Waals surface area contributed by atoms with Gasteiger partial charge >= 0.3 is 0 Å². The van der Waals surface area contributed by atoms with E-state index in [2.05, 4.69) is 0 Å². The summed E-state index contributed by atoms with van der Waals surface area (Å²) in [5.41, 5.74) is 0. The Morgan fingerprint density at radius 1 is 1.29 bits per heavy atom. The van der Waals surface area contributed by atoms with Crippen LogP contribution in [0.15, 0.2) is 0 Å². The molecule has 82 valence electrons. The van der Waals surface area contributed by atoms with Crippen molar-refractivity contribution in [2.45, 2.75) is 50.7 Å². The van der Waals surface area contributed by atoms with Crippen molar-refractivity contribution >= 4 is 26.5 Å². The molecule has 1 rings (SSSR count). The lowest BCUT2D eigenvalue weighted by molar-refractivity contribution is -0.125. The Bertz CT molecular complexity index is 245. The highest BCUT2D eigenvalue weighted by molar-refractivity contribution is 8.10. The van der Waals surface area contributed by atoms with Gasteiger partial charge in [-0.2, -0.15) is 0 Å². The van der Waals surface area contributed by atoms with E-state index < -0.39 is 14.8 Å². The first-order chi connectivity index (χ1) is 6.46. The summed E-state index contributed by atoms with van der Waals surface area (Å²) < 4.78 is 10.3. The second-order valence-corrected chi connectivity index (χ2v) is 6.74. The van der Waals surface area contributed by atoms with Gasteiger partial charge in [-0.25, -0.2) is 4.21 Å². The normalized spacial score (nSPS) is 21.9. The minimum Gasteiger partial charge on any atom is -0.298 e. The molecule has 0 saturated heterocycles. The molecule has 4 heteroatoms. The topological polar surface area (TPSA) is 34.1 Å². The van der Waals surface area contributed by atoms with Crippen LogP contribution in [-0.4, -0.2) is 14.7 Å². The molecule has 0 spiro atoms. The van der Waals surface area contributed by atoms with Crippen LogP contribution in [0.25, 0.3) is 0 Å². The average molecular weight is 237 g/mol. The maximum Gasteiger partial charge on any atom is 0.155 e. The molecule has 0 aromatic heterocycles. The number of halogens is 1. The lowest BCUT2D eigenvalue weighted by Crippen LogP contribution is -2.39. The summed E-state index contributed by atoms with van der Waals surface area (Å²) in [4.78, 5) is 12.0. The molecule has 1 saturated carbocycles. The van der Waals surface area contributed by atoms with Crippen molar-refractivity contribution in [1.82, 2.24) is 0 Å². The second kappa shape index (κ2) is 4.75. The Hall–Kier alpha value is 0.110. The van der Waals surface area contributed by atoms with E-state index in [1.54, 1.807) is 13.8 Å². The zero-order valence-corrected chi connectivity index (χ0v) is 10.3. The zero-order valence-electron chi connectivity index (χ0n) is 8.72. The number of hydrogen-bond acceptors (Lipinski definition) is 2.